The number of carbonyl (C=O) groups is 1. The molecular weight excluding hydrogens is 411 g/mol. The third kappa shape index (κ3) is 5.11. The molecule has 1 fully saturated rings. The zero-order chi connectivity index (χ0) is 21.2. The van der Waals surface area contributed by atoms with Crippen LogP contribution in [0.15, 0.2) is 35.3 Å². The molecule has 6 nitrogen and oxygen atoms in total. The summed E-state index contributed by atoms with van der Waals surface area (Å²) in [5.41, 5.74) is 0.464. The molecule has 1 aliphatic heterocycles. The summed E-state index contributed by atoms with van der Waals surface area (Å²) in [6, 6.07) is 6.85. The van der Waals surface area contributed by atoms with Gasteiger partial charge in [0.25, 0.3) is 5.56 Å². The number of rotatable bonds is 4. The van der Waals surface area contributed by atoms with Gasteiger partial charge in [0.15, 0.2) is 0 Å². The molecule has 0 spiro atoms. The van der Waals surface area contributed by atoms with Crippen LogP contribution < -0.4 is 15.8 Å². The molecule has 29 heavy (non-hydrogen) atoms. The highest BCUT2D eigenvalue weighted by Gasteiger charge is 2.26. The number of hydrogen-bond acceptors (Lipinski definition) is 4. The van der Waals surface area contributed by atoms with Gasteiger partial charge in [0.05, 0.1) is 17.6 Å². The Morgan fingerprint density at radius 2 is 1.93 bits per heavy atom. The summed E-state index contributed by atoms with van der Waals surface area (Å²) in [6.45, 7) is 7.83. The van der Waals surface area contributed by atoms with E-state index in [1.807, 2.05) is 20.8 Å². The number of amides is 1. The molecule has 1 aromatic carbocycles. The van der Waals surface area contributed by atoms with Crippen molar-refractivity contribution in [2.45, 2.75) is 33.6 Å². The number of anilines is 1. The van der Waals surface area contributed by atoms with Gasteiger partial charge in [-0.05, 0) is 43.0 Å². The molecule has 8 heteroatoms. The first kappa shape index (κ1) is 21.7. The molecule has 0 bridgehead atoms. The average molecular weight is 437 g/mol. The molecule has 1 aromatic heterocycles. The maximum absolute atomic E-state index is 12.8. The van der Waals surface area contributed by atoms with Crippen molar-refractivity contribution >= 4 is 34.8 Å². The molecule has 1 amide bonds. The SMILES string of the molecule is CC(C)(C)C(=O)NCC1CCCN(c2cnn(-c3ccc(Cl)cc3)c(=O)c2Cl)C1. The fraction of sp³-hybridized carbons (Fsp3) is 0.476. The van der Waals surface area contributed by atoms with Crippen molar-refractivity contribution in [3.8, 4) is 5.69 Å². The lowest BCUT2D eigenvalue weighted by Crippen LogP contribution is -2.44. The van der Waals surface area contributed by atoms with Gasteiger partial charge >= 0.3 is 0 Å². The van der Waals surface area contributed by atoms with Crippen molar-refractivity contribution < 1.29 is 4.79 Å². The topological polar surface area (TPSA) is 67.2 Å². The van der Waals surface area contributed by atoms with Crippen molar-refractivity contribution in [2.75, 3.05) is 24.5 Å². The van der Waals surface area contributed by atoms with Crippen molar-refractivity contribution in [1.82, 2.24) is 15.1 Å². The predicted molar refractivity (Wildman–Crippen MR) is 117 cm³/mol. The molecule has 3 rings (SSSR count). The maximum atomic E-state index is 12.8. The normalized spacial score (nSPS) is 17.3. The van der Waals surface area contributed by atoms with Crippen LogP contribution in [0.25, 0.3) is 5.69 Å². The Morgan fingerprint density at radius 3 is 2.59 bits per heavy atom. The number of carbonyl (C=O) groups excluding carboxylic acids is 1. The molecule has 156 valence electrons. The van der Waals surface area contributed by atoms with Gasteiger partial charge in [0, 0.05) is 30.1 Å². The van der Waals surface area contributed by atoms with Gasteiger partial charge in [0.2, 0.25) is 5.91 Å². The molecule has 0 radical (unpaired) electrons. The van der Waals surface area contributed by atoms with Crippen molar-refractivity contribution in [3.63, 3.8) is 0 Å². The molecule has 0 aliphatic carbocycles. The van der Waals surface area contributed by atoms with Gasteiger partial charge in [-0.25, -0.2) is 0 Å². The van der Waals surface area contributed by atoms with Crippen LogP contribution in [-0.2, 0) is 4.79 Å². The Kier molecular flexibility index (Phi) is 6.54. The van der Waals surface area contributed by atoms with E-state index in [0.29, 0.717) is 28.9 Å². The van der Waals surface area contributed by atoms with Gasteiger partial charge in [-0.2, -0.15) is 9.78 Å². The van der Waals surface area contributed by atoms with Crippen molar-refractivity contribution in [1.29, 1.82) is 0 Å². The number of benzene rings is 1. The molecule has 1 N–H and O–H groups in total. The highest BCUT2D eigenvalue weighted by Crippen LogP contribution is 2.27. The second kappa shape index (κ2) is 8.76. The minimum atomic E-state index is -0.409. The summed E-state index contributed by atoms with van der Waals surface area (Å²) in [5.74, 6) is 0.338. The number of nitrogens with one attached hydrogen (secondary N) is 1. The summed E-state index contributed by atoms with van der Waals surface area (Å²) in [5, 5.41) is 8.08. The molecular formula is C21H26Cl2N4O2. The number of halogens is 2. The Balaban J connectivity index is 1.74. The van der Waals surface area contributed by atoms with Crippen LogP contribution in [0.4, 0.5) is 5.69 Å². The molecule has 1 saturated heterocycles. The van der Waals surface area contributed by atoms with Crippen LogP contribution in [0.5, 0.6) is 0 Å². The summed E-state index contributed by atoms with van der Waals surface area (Å²) >= 11 is 12.4. The fourth-order valence-corrected chi connectivity index (χ4v) is 3.74. The Morgan fingerprint density at radius 1 is 1.24 bits per heavy atom. The predicted octanol–water partition coefficient (Wildman–Crippen LogP) is 3.92. The van der Waals surface area contributed by atoms with Crippen molar-refractivity contribution in [2.24, 2.45) is 11.3 Å². The third-order valence-electron chi connectivity index (χ3n) is 5.06. The lowest BCUT2D eigenvalue weighted by Gasteiger charge is -2.35. The van der Waals surface area contributed by atoms with Gasteiger partial charge in [-0.3, -0.25) is 9.59 Å². The van der Waals surface area contributed by atoms with E-state index in [0.717, 1.165) is 25.9 Å². The highest BCUT2D eigenvalue weighted by atomic mass is 35.5. The van der Waals surface area contributed by atoms with E-state index in [-0.39, 0.29) is 16.5 Å². The van der Waals surface area contributed by atoms with Gasteiger partial charge in [-0.15, -0.1) is 0 Å². The van der Waals surface area contributed by atoms with Crippen LogP contribution in [0.2, 0.25) is 10.0 Å². The second-order valence-electron chi connectivity index (χ2n) is 8.45. The van der Waals surface area contributed by atoms with Crippen LogP contribution in [-0.4, -0.2) is 35.3 Å². The van der Waals surface area contributed by atoms with E-state index in [1.165, 1.54) is 4.68 Å². The van der Waals surface area contributed by atoms with Crippen LogP contribution in [0.3, 0.4) is 0 Å². The number of piperidine rings is 1. The van der Waals surface area contributed by atoms with Gasteiger partial charge in [-0.1, -0.05) is 44.0 Å². The standard InChI is InChI=1S/C21H26Cl2N4O2/c1-21(2,3)20(29)24-11-14-5-4-10-26(13-14)17-12-25-27(19(28)18(17)23)16-8-6-15(22)7-9-16/h6-9,12,14H,4-5,10-11,13H2,1-3H3,(H,24,29). The second-order valence-corrected chi connectivity index (χ2v) is 9.27. The number of hydrogen-bond donors (Lipinski definition) is 1. The molecule has 2 aromatic rings. The molecule has 2 heterocycles. The summed E-state index contributed by atoms with van der Waals surface area (Å²) in [7, 11) is 0. The number of aromatic nitrogens is 2. The van der Waals surface area contributed by atoms with Gasteiger partial charge in [0.1, 0.15) is 5.02 Å². The van der Waals surface area contributed by atoms with E-state index in [1.54, 1.807) is 30.5 Å². The molecule has 0 saturated carbocycles. The first-order chi connectivity index (χ1) is 13.7. The zero-order valence-corrected chi connectivity index (χ0v) is 18.4. The molecule has 1 unspecified atom stereocenters. The van der Waals surface area contributed by atoms with Gasteiger partial charge < -0.3 is 10.2 Å². The summed E-state index contributed by atoms with van der Waals surface area (Å²) in [6.07, 6.45) is 3.62. The monoisotopic (exact) mass is 436 g/mol. The number of nitrogens with zero attached hydrogens (tertiary/aromatic N) is 3. The van der Waals surface area contributed by atoms with E-state index in [2.05, 4.69) is 15.3 Å². The quantitative estimate of drug-likeness (QED) is 0.788. The Hall–Kier alpha value is -2.05. The van der Waals surface area contributed by atoms with E-state index in [9.17, 15) is 9.59 Å². The molecule has 1 atom stereocenters. The van der Waals surface area contributed by atoms with Crippen LogP contribution >= 0.6 is 23.2 Å². The lowest BCUT2D eigenvalue weighted by molar-refractivity contribution is -0.128. The lowest BCUT2D eigenvalue weighted by atomic mass is 9.94. The fourth-order valence-electron chi connectivity index (χ4n) is 3.36. The summed E-state index contributed by atoms with van der Waals surface area (Å²) < 4.78 is 1.27. The van der Waals surface area contributed by atoms with Crippen LogP contribution in [0, 0.1) is 11.3 Å². The van der Waals surface area contributed by atoms with E-state index >= 15 is 0 Å². The van der Waals surface area contributed by atoms with Crippen LogP contribution in [0.1, 0.15) is 33.6 Å². The maximum Gasteiger partial charge on any atom is 0.292 e. The largest absolute Gasteiger partial charge is 0.369 e. The average Bonchev–Trinajstić information content (AvgIpc) is 2.68. The summed E-state index contributed by atoms with van der Waals surface area (Å²) in [4.78, 5) is 27.0. The molecule has 1 aliphatic rings. The van der Waals surface area contributed by atoms with Crippen molar-refractivity contribution in [3.05, 3.63) is 50.9 Å². The van der Waals surface area contributed by atoms with E-state index in [4.69, 9.17) is 23.2 Å². The minimum absolute atomic E-state index is 0.0416. The Bertz CT molecular complexity index is 935. The minimum Gasteiger partial charge on any atom is -0.369 e. The zero-order valence-electron chi connectivity index (χ0n) is 16.9. The first-order valence-corrected chi connectivity index (χ1v) is 10.5. The third-order valence-corrected chi connectivity index (χ3v) is 5.67. The first-order valence-electron chi connectivity index (χ1n) is 9.74. The van der Waals surface area contributed by atoms with E-state index < -0.39 is 5.41 Å². The highest BCUT2D eigenvalue weighted by molar-refractivity contribution is 6.33. The smallest absolute Gasteiger partial charge is 0.292 e. The Labute approximate surface area is 180 Å².